The van der Waals surface area contributed by atoms with Gasteiger partial charge in [-0.3, -0.25) is 4.90 Å². The summed E-state index contributed by atoms with van der Waals surface area (Å²) in [5.74, 6) is 1.07. The van der Waals surface area contributed by atoms with E-state index >= 15 is 0 Å². The topological polar surface area (TPSA) is 38.5 Å². The Hall–Kier alpha value is -0.540. The minimum absolute atomic E-state index is 0.102. The average Bonchev–Trinajstić information content (AvgIpc) is 3.10. The van der Waals surface area contributed by atoms with Crippen LogP contribution < -0.4 is 5.73 Å². The number of ether oxygens (including phenoxy) is 1. The molecule has 2 fully saturated rings. The lowest BCUT2D eigenvalue weighted by molar-refractivity contribution is 0.0783. The third kappa shape index (κ3) is 1.89. The summed E-state index contributed by atoms with van der Waals surface area (Å²) in [6.07, 6.45) is 11.1. The lowest BCUT2D eigenvalue weighted by atomic mass is 9.85. The molecule has 0 radical (unpaired) electrons. The SMILES string of the molecule is NC(C1=CCCO1)C1(N2CCCC2)CCCC1. The number of likely N-dealkylation sites (tertiary alicyclic amines) is 1. The van der Waals surface area contributed by atoms with Gasteiger partial charge in [0.15, 0.2) is 0 Å². The van der Waals surface area contributed by atoms with Gasteiger partial charge in [-0.25, -0.2) is 0 Å². The summed E-state index contributed by atoms with van der Waals surface area (Å²) in [6.45, 7) is 3.31. The van der Waals surface area contributed by atoms with Crippen LogP contribution in [0.25, 0.3) is 0 Å². The van der Waals surface area contributed by atoms with E-state index in [0.717, 1.165) is 18.8 Å². The fourth-order valence-electron chi connectivity index (χ4n) is 3.89. The number of hydrogen-bond donors (Lipinski definition) is 1. The molecule has 3 heteroatoms. The Kier molecular flexibility index (Phi) is 3.14. The second kappa shape index (κ2) is 4.62. The smallest absolute Gasteiger partial charge is 0.111 e. The van der Waals surface area contributed by atoms with E-state index in [1.54, 1.807) is 0 Å². The summed E-state index contributed by atoms with van der Waals surface area (Å²) in [6, 6.07) is 0.102. The lowest BCUT2D eigenvalue weighted by Crippen LogP contribution is -2.58. The Labute approximate surface area is 104 Å². The Balaban J connectivity index is 1.82. The summed E-state index contributed by atoms with van der Waals surface area (Å²) in [7, 11) is 0. The van der Waals surface area contributed by atoms with E-state index in [9.17, 15) is 0 Å². The molecule has 2 aliphatic heterocycles. The fourth-order valence-corrected chi connectivity index (χ4v) is 3.89. The predicted molar refractivity (Wildman–Crippen MR) is 68.6 cm³/mol. The Morgan fingerprint density at radius 1 is 1.18 bits per heavy atom. The van der Waals surface area contributed by atoms with Gasteiger partial charge in [-0.2, -0.15) is 0 Å². The molecule has 3 rings (SSSR count). The van der Waals surface area contributed by atoms with E-state index in [0.29, 0.717) is 0 Å². The van der Waals surface area contributed by atoms with Gasteiger partial charge in [0, 0.05) is 12.0 Å². The number of rotatable bonds is 3. The quantitative estimate of drug-likeness (QED) is 0.815. The molecule has 0 aromatic heterocycles. The molecule has 0 aromatic rings. The van der Waals surface area contributed by atoms with Gasteiger partial charge in [0.25, 0.3) is 0 Å². The maximum atomic E-state index is 6.56. The van der Waals surface area contributed by atoms with Gasteiger partial charge in [0.05, 0.1) is 12.6 Å². The van der Waals surface area contributed by atoms with Crippen molar-refractivity contribution in [3.63, 3.8) is 0 Å². The van der Waals surface area contributed by atoms with E-state index in [2.05, 4.69) is 11.0 Å². The van der Waals surface area contributed by atoms with Gasteiger partial charge in [0.1, 0.15) is 5.76 Å². The lowest BCUT2D eigenvalue weighted by Gasteiger charge is -2.43. The highest BCUT2D eigenvalue weighted by atomic mass is 16.5. The van der Waals surface area contributed by atoms with Crippen molar-refractivity contribution in [2.24, 2.45) is 5.73 Å². The molecule has 0 spiro atoms. The molecular formula is C14H24N2O. The van der Waals surface area contributed by atoms with Gasteiger partial charge in [-0.05, 0) is 44.8 Å². The standard InChI is InChI=1S/C14H24N2O/c15-13(12-6-5-11-17-12)14(7-1-2-8-14)16-9-3-4-10-16/h6,13H,1-5,7-11,15H2. The molecule has 1 atom stereocenters. The van der Waals surface area contributed by atoms with Crippen molar-refractivity contribution >= 4 is 0 Å². The maximum absolute atomic E-state index is 6.56. The highest BCUT2D eigenvalue weighted by molar-refractivity contribution is 5.18. The van der Waals surface area contributed by atoms with Gasteiger partial charge in [0.2, 0.25) is 0 Å². The molecule has 2 N–H and O–H groups in total. The Bertz CT molecular complexity index is 301. The van der Waals surface area contributed by atoms with Crippen LogP contribution in [-0.2, 0) is 4.74 Å². The highest BCUT2D eigenvalue weighted by Gasteiger charge is 2.47. The van der Waals surface area contributed by atoms with Crippen molar-refractivity contribution in [1.29, 1.82) is 0 Å². The summed E-state index contributed by atoms with van der Waals surface area (Å²) in [5, 5.41) is 0. The molecule has 2 heterocycles. The summed E-state index contributed by atoms with van der Waals surface area (Å²) < 4.78 is 5.72. The van der Waals surface area contributed by atoms with Gasteiger partial charge in [-0.15, -0.1) is 0 Å². The molecule has 1 aliphatic carbocycles. The molecule has 1 saturated carbocycles. The molecule has 3 aliphatic rings. The number of hydrogen-bond acceptors (Lipinski definition) is 3. The van der Waals surface area contributed by atoms with Crippen molar-refractivity contribution in [3.05, 3.63) is 11.8 Å². The highest BCUT2D eigenvalue weighted by Crippen LogP contribution is 2.41. The van der Waals surface area contributed by atoms with E-state index in [1.807, 2.05) is 0 Å². The van der Waals surface area contributed by atoms with Crippen LogP contribution in [0, 0.1) is 0 Å². The van der Waals surface area contributed by atoms with Gasteiger partial charge < -0.3 is 10.5 Å². The van der Waals surface area contributed by atoms with Crippen molar-refractivity contribution in [1.82, 2.24) is 4.90 Å². The second-order valence-corrected chi connectivity index (χ2v) is 5.73. The molecule has 1 saturated heterocycles. The first-order valence-electron chi connectivity index (χ1n) is 7.16. The summed E-state index contributed by atoms with van der Waals surface area (Å²) >= 11 is 0. The van der Waals surface area contributed by atoms with Crippen LogP contribution in [-0.4, -0.2) is 36.2 Å². The largest absolute Gasteiger partial charge is 0.496 e. The Morgan fingerprint density at radius 3 is 2.47 bits per heavy atom. The summed E-state index contributed by atoms with van der Waals surface area (Å²) in [4.78, 5) is 2.66. The summed E-state index contributed by atoms with van der Waals surface area (Å²) in [5.41, 5.74) is 6.78. The van der Waals surface area contributed by atoms with Crippen LogP contribution in [0.4, 0.5) is 0 Å². The third-order valence-corrected chi connectivity index (χ3v) is 4.82. The average molecular weight is 236 g/mol. The van der Waals surface area contributed by atoms with Crippen LogP contribution in [0.3, 0.4) is 0 Å². The zero-order chi connectivity index (χ0) is 11.7. The molecule has 0 bridgehead atoms. The molecule has 1 unspecified atom stereocenters. The van der Waals surface area contributed by atoms with E-state index < -0.39 is 0 Å². The number of nitrogens with zero attached hydrogens (tertiary/aromatic N) is 1. The molecular weight excluding hydrogens is 212 g/mol. The van der Waals surface area contributed by atoms with Crippen LogP contribution in [0.5, 0.6) is 0 Å². The van der Waals surface area contributed by atoms with Crippen LogP contribution in [0.15, 0.2) is 11.8 Å². The fraction of sp³-hybridized carbons (Fsp3) is 0.857. The monoisotopic (exact) mass is 236 g/mol. The van der Waals surface area contributed by atoms with E-state index in [4.69, 9.17) is 10.5 Å². The van der Waals surface area contributed by atoms with Crippen LogP contribution in [0.2, 0.25) is 0 Å². The van der Waals surface area contributed by atoms with E-state index in [1.165, 1.54) is 51.6 Å². The van der Waals surface area contributed by atoms with Gasteiger partial charge >= 0.3 is 0 Å². The zero-order valence-corrected chi connectivity index (χ0v) is 10.7. The first-order valence-corrected chi connectivity index (χ1v) is 7.16. The normalized spacial score (nSPS) is 30.3. The second-order valence-electron chi connectivity index (χ2n) is 5.73. The first kappa shape index (κ1) is 11.5. The first-order chi connectivity index (χ1) is 8.33. The van der Waals surface area contributed by atoms with Crippen LogP contribution in [0.1, 0.15) is 44.9 Å². The molecule has 96 valence electrons. The number of nitrogens with two attached hydrogens (primary N) is 1. The van der Waals surface area contributed by atoms with Gasteiger partial charge in [-0.1, -0.05) is 12.8 Å². The van der Waals surface area contributed by atoms with Crippen LogP contribution >= 0.6 is 0 Å². The predicted octanol–water partition coefficient (Wildman–Crippen LogP) is 2.03. The van der Waals surface area contributed by atoms with Crippen molar-refractivity contribution in [2.75, 3.05) is 19.7 Å². The molecule has 0 aromatic carbocycles. The molecule has 0 amide bonds. The Morgan fingerprint density at radius 2 is 1.88 bits per heavy atom. The minimum atomic E-state index is 0.102. The van der Waals surface area contributed by atoms with Crippen molar-refractivity contribution < 1.29 is 4.74 Å². The third-order valence-electron chi connectivity index (χ3n) is 4.82. The molecule has 3 nitrogen and oxygen atoms in total. The van der Waals surface area contributed by atoms with E-state index in [-0.39, 0.29) is 11.6 Å². The van der Waals surface area contributed by atoms with Crippen molar-refractivity contribution in [2.45, 2.75) is 56.5 Å². The van der Waals surface area contributed by atoms with Crippen molar-refractivity contribution in [3.8, 4) is 0 Å². The maximum Gasteiger partial charge on any atom is 0.111 e. The molecule has 17 heavy (non-hydrogen) atoms. The minimum Gasteiger partial charge on any atom is -0.496 e. The zero-order valence-electron chi connectivity index (χ0n) is 10.7.